The molecule has 5 nitrogen and oxygen atoms in total. The van der Waals surface area contributed by atoms with Crippen LogP contribution in [0.25, 0.3) is 0 Å². The molecule has 128 valence electrons. The topological polar surface area (TPSA) is 63.7 Å². The third kappa shape index (κ3) is 6.01. The molecule has 6 heteroatoms. The molecule has 0 N–H and O–H groups in total. The number of hydrogen-bond acceptors (Lipinski definition) is 4. The number of allylic oxidation sites excluding steroid dienone is 1. The Morgan fingerprint density at radius 1 is 1.25 bits per heavy atom. The number of ketones is 1. The molecule has 0 aliphatic carbocycles. The van der Waals surface area contributed by atoms with Crippen molar-refractivity contribution in [2.45, 2.75) is 13.3 Å². The van der Waals surface area contributed by atoms with Gasteiger partial charge in [-0.15, -0.1) is 11.6 Å². The molecular weight excluding hydrogens is 330 g/mol. The molecule has 0 saturated heterocycles. The number of hydrogen-bond donors (Lipinski definition) is 0. The minimum Gasteiger partial charge on any atom is -0.461 e. The van der Waals surface area contributed by atoms with Gasteiger partial charge in [-0.1, -0.05) is 43.0 Å². The van der Waals surface area contributed by atoms with Crippen molar-refractivity contribution in [1.29, 1.82) is 0 Å². The molecule has 1 rings (SSSR count). The van der Waals surface area contributed by atoms with Crippen molar-refractivity contribution in [1.82, 2.24) is 4.90 Å². The van der Waals surface area contributed by atoms with Gasteiger partial charge in [0, 0.05) is 12.1 Å². The van der Waals surface area contributed by atoms with Crippen molar-refractivity contribution < 1.29 is 19.1 Å². The molecule has 0 radical (unpaired) electrons. The Hall–Kier alpha value is -2.40. The zero-order chi connectivity index (χ0) is 17.9. The van der Waals surface area contributed by atoms with Gasteiger partial charge in [0.1, 0.15) is 11.6 Å². The van der Waals surface area contributed by atoms with Crippen LogP contribution in [0.15, 0.2) is 54.8 Å². The van der Waals surface area contributed by atoms with E-state index in [1.807, 2.05) is 6.07 Å². The number of halogens is 1. The summed E-state index contributed by atoms with van der Waals surface area (Å²) in [5.41, 5.74) is 0.517. The number of carbonyl (C=O) groups excluding carboxylic acids is 3. The molecule has 1 amide bonds. The number of amides is 1. The first-order chi connectivity index (χ1) is 11.5. The summed E-state index contributed by atoms with van der Waals surface area (Å²) in [6.45, 7) is 5.62. The Morgan fingerprint density at radius 3 is 2.50 bits per heavy atom. The fourth-order valence-corrected chi connectivity index (χ4v) is 2.04. The van der Waals surface area contributed by atoms with Crippen molar-refractivity contribution in [3.8, 4) is 0 Å². The predicted octanol–water partition coefficient (Wildman–Crippen LogP) is 2.96. The van der Waals surface area contributed by atoms with E-state index in [0.29, 0.717) is 12.0 Å². The van der Waals surface area contributed by atoms with Crippen LogP contribution in [0, 0.1) is 0 Å². The molecule has 0 aliphatic rings. The molecule has 0 heterocycles. The Labute approximate surface area is 146 Å². The smallest absolute Gasteiger partial charge is 0.354 e. The highest BCUT2D eigenvalue weighted by atomic mass is 35.5. The summed E-state index contributed by atoms with van der Waals surface area (Å²) in [5, 5.41) is 0. The van der Waals surface area contributed by atoms with Crippen molar-refractivity contribution in [3.63, 3.8) is 0 Å². The SMILES string of the molecule is C=C(C(=O)OCC)N(CC/C=C/C(=O)c1ccccc1)C(=O)CCl. The summed E-state index contributed by atoms with van der Waals surface area (Å²) in [4.78, 5) is 36.6. The van der Waals surface area contributed by atoms with Gasteiger partial charge >= 0.3 is 5.97 Å². The van der Waals surface area contributed by atoms with Gasteiger partial charge in [0.2, 0.25) is 5.91 Å². The molecule has 0 atom stereocenters. The third-order valence-corrected chi connectivity index (χ3v) is 3.33. The van der Waals surface area contributed by atoms with E-state index >= 15 is 0 Å². The Kier molecular flexibility index (Phi) is 8.50. The van der Waals surface area contributed by atoms with Gasteiger partial charge in [-0.05, 0) is 19.4 Å². The van der Waals surface area contributed by atoms with E-state index in [1.54, 1.807) is 37.3 Å². The summed E-state index contributed by atoms with van der Waals surface area (Å²) in [6.07, 6.45) is 3.45. The molecule has 0 unspecified atom stereocenters. The van der Waals surface area contributed by atoms with E-state index < -0.39 is 11.9 Å². The first-order valence-electron chi connectivity index (χ1n) is 7.49. The van der Waals surface area contributed by atoms with E-state index in [2.05, 4.69) is 6.58 Å². The number of rotatable bonds is 9. The lowest BCUT2D eigenvalue weighted by atomic mass is 10.1. The molecule has 1 aromatic carbocycles. The van der Waals surface area contributed by atoms with Crippen LogP contribution in [-0.4, -0.2) is 41.6 Å². The quantitative estimate of drug-likeness (QED) is 0.297. The van der Waals surface area contributed by atoms with E-state index in [4.69, 9.17) is 16.3 Å². The number of nitrogens with zero attached hydrogens (tertiary/aromatic N) is 1. The molecule has 0 aromatic heterocycles. The van der Waals surface area contributed by atoms with Gasteiger partial charge in [-0.25, -0.2) is 4.79 Å². The van der Waals surface area contributed by atoms with Crippen molar-refractivity contribution in [2.24, 2.45) is 0 Å². The van der Waals surface area contributed by atoms with Gasteiger partial charge in [0.15, 0.2) is 5.78 Å². The van der Waals surface area contributed by atoms with Crippen LogP contribution in [0.5, 0.6) is 0 Å². The molecule has 0 aliphatic heterocycles. The second-order valence-electron chi connectivity index (χ2n) is 4.77. The number of carbonyl (C=O) groups is 3. The Balaban J connectivity index is 2.64. The van der Waals surface area contributed by atoms with Crippen molar-refractivity contribution >= 4 is 29.3 Å². The lowest BCUT2D eigenvalue weighted by Gasteiger charge is -2.21. The molecule has 24 heavy (non-hydrogen) atoms. The largest absolute Gasteiger partial charge is 0.461 e. The average molecular weight is 350 g/mol. The zero-order valence-corrected chi connectivity index (χ0v) is 14.3. The molecule has 1 aromatic rings. The van der Waals surface area contributed by atoms with Gasteiger partial charge in [0.05, 0.1) is 6.61 Å². The highest BCUT2D eigenvalue weighted by Crippen LogP contribution is 2.08. The molecule has 0 saturated carbocycles. The number of ether oxygens (including phenoxy) is 1. The zero-order valence-electron chi connectivity index (χ0n) is 13.5. The summed E-state index contributed by atoms with van der Waals surface area (Å²) in [7, 11) is 0. The molecule has 0 bridgehead atoms. The first kappa shape index (κ1) is 19.6. The highest BCUT2D eigenvalue weighted by molar-refractivity contribution is 6.27. The number of benzene rings is 1. The predicted molar refractivity (Wildman–Crippen MR) is 92.7 cm³/mol. The normalized spacial score (nSPS) is 10.4. The second kappa shape index (κ2) is 10.4. The van der Waals surface area contributed by atoms with Crippen LogP contribution in [0.2, 0.25) is 0 Å². The Bertz CT molecular complexity index is 625. The fourth-order valence-electron chi connectivity index (χ4n) is 1.90. The maximum atomic E-state index is 11.9. The second-order valence-corrected chi connectivity index (χ2v) is 5.03. The summed E-state index contributed by atoms with van der Waals surface area (Å²) in [5.74, 6) is -1.52. The van der Waals surface area contributed by atoms with Crippen LogP contribution in [0.4, 0.5) is 0 Å². The highest BCUT2D eigenvalue weighted by Gasteiger charge is 2.21. The average Bonchev–Trinajstić information content (AvgIpc) is 2.61. The minimum absolute atomic E-state index is 0.0646. The number of esters is 1. The summed E-state index contributed by atoms with van der Waals surface area (Å²) < 4.78 is 4.83. The van der Waals surface area contributed by atoms with Crippen LogP contribution < -0.4 is 0 Å². The summed E-state index contributed by atoms with van der Waals surface area (Å²) in [6, 6.07) is 8.84. The maximum Gasteiger partial charge on any atom is 0.354 e. The fraction of sp³-hybridized carbons (Fsp3) is 0.278. The monoisotopic (exact) mass is 349 g/mol. The van der Waals surface area contributed by atoms with Crippen LogP contribution >= 0.6 is 11.6 Å². The maximum absolute atomic E-state index is 11.9. The molecular formula is C18H20ClNO4. The standard InChI is InChI=1S/C18H20ClNO4/c1-3-24-18(23)14(2)20(17(22)13-19)12-8-7-11-16(21)15-9-5-4-6-10-15/h4-7,9-11H,2-3,8,12-13H2,1H3/b11-7+. The van der Waals surface area contributed by atoms with E-state index in [1.165, 1.54) is 11.0 Å². The van der Waals surface area contributed by atoms with E-state index in [0.717, 1.165) is 0 Å². The van der Waals surface area contributed by atoms with Crippen LogP contribution in [0.3, 0.4) is 0 Å². The Morgan fingerprint density at radius 2 is 1.92 bits per heavy atom. The molecule has 0 spiro atoms. The third-order valence-electron chi connectivity index (χ3n) is 3.10. The lowest BCUT2D eigenvalue weighted by molar-refractivity contribution is -0.143. The summed E-state index contributed by atoms with van der Waals surface area (Å²) >= 11 is 5.56. The minimum atomic E-state index is -0.666. The van der Waals surface area contributed by atoms with E-state index in [-0.39, 0.29) is 30.5 Å². The van der Waals surface area contributed by atoms with Gasteiger partial charge in [0.25, 0.3) is 0 Å². The van der Waals surface area contributed by atoms with Crippen LogP contribution in [-0.2, 0) is 14.3 Å². The molecule has 0 fully saturated rings. The van der Waals surface area contributed by atoms with E-state index in [9.17, 15) is 14.4 Å². The van der Waals surface area contributed by atoms with Gasteiger partial charge < -0.3 is 9.64 Å². The van der Waals surface area contributed by atoms with Crippen molar-refractivity contribution in [2.75, 3.05) is 19.0 Å². The van der Waals surface area contributed by atoms with Crippen molar-refractivity contribution in [3.05, 3.63) is 60.3 Å². The van der Waals surface area contributed by atoms with Gasteiger partial charge in [-0.3, -0.25) is 9.59 Å². The van der Waals surface area contributed by atoms with Gasteiger partial charge in [-0.2, -0.15) is 0 Å². The lowest BCUT2D eigenvalue weighted by Crippen LogP contribution is -2.35. The first-order valence-corrected chi connectivity index (χ1v) is 8.03. The van der Waals surface area contributed by atoms with Crippen LogP contribution in [0.1, 0.15) is 23.7 Å². The number of alkyl halides is 1.